The van der Waals surface area contributed by atoms with Crippen molar-refractivity contribution in [3.05, 3.63) is 103 Å². The van der Waals surface area contributed by atoms with Crippen LogP contribution in [0.2, 0.25) is 0 Å². The number of hydrogen-bond acceptors (Lipinski definition) is 6. The lowest BCUT2D eigenvalue weighted by Gasteiger charge is -2.08. The predicted molar refractivity (Wildman–Crippen MR) is 136 cm³/mol. The van der Waals surface area contributed by atoms with E-state index in [1.165, 1.54) is 10.9 Å². The number of imidazole rings is 2. The van der Waals surface area contributed by atoms with Gasteiger partial charge in [-0.25, -0.2) is 9.97 Å². The Morgan fingerprint density at radius 3 is 2.54 bits per heavy atom. The summed E-state index contributed by atoms with van der Waals surface area (Å²) in [7, 11) is 1.60. The molecule has 0 saturated heterocycles. The number of carbonyl (C=O) groups is 2. The molecule has 5 aromatic heterocycles. The van der Waals surface area contributed by atoms with Crippen molar-refractivity contribution in [1.82, 2.24) is 38.9 Å². The molecule has 1 aromatic carbocycles. The van der Waals surface area contributed by atoms with Crippen molar-refractivity contribution < 1.29 is 9.59 Å². The minimum Gasteiger partial charge on any atom is -0.346 e. The zero-order chi connectivity index (χ0) is 25.4. The van der Waals surface area contributed by atoms with Gasteiger partial charge in [-0.1, -0.05) is 36.4 Å². The maximum absolute atomic E-state index is 13.1. The molecule has 6 aromatic rings. The van der Waals surface area contributed by atoms with Gasteiger partial charge < -0.3 is 15.0 Å². The minimum atomic E-state index is -0.510. The molecule has 0 fully saturated rings. The highest BCUT2D eigenvalue weighted by Gasteiger charge is 2.23. The quantitative estimate of drug-likeness (QED) is 0.369. The molecule has 2 amide bonds. The first-order chi connectivity index (χ1) is 18.0. The van der Waals surface area contributed by atoms with Gasteiger partial charge in [-0.3, -0.25) is 18.7 Å². The van der Waals surface area contributed by atoms with Crippen molar-refractivity contribution in [2.24, 2.45) is 7.05 Å². The molecular formula is C26H21N9O2. The first-order valence-electron chi connectivity index (χ1n) is 11.5. The zero-order valence-electron chi connectivity index (χ0n) is 19.7. The van der Waals surface area contributed by atoms with Gasteiger partial charge in [0.05, 0.1) is 29.7 Å². The maximum Gasteiger partial charge on any atom is 0.275 e. The van der Waals surface area contributed by atoms with E-state index in [-0.39, 0.29) is 17.8 Å². The first kappa shape index (κ1) is 22.2. The SMILES string of the molecule is Cn1ncc(C(=O)NCc2cn3ccccc3n2)c1C(=O)Nc1ccn2cc(-c3ccccc3)nc2n1. The van der Waals surface area contributed by atoms with Crippen LogP contribution in [0.25, 0.3) is 22.7 Å². The topological polar surface area (TPSA) is 124 Å². The third-order valence-electron chi connectivity index (χ3n) is 5.88. The average Bonchev–Trinajstić information content (AvgIpc) is 3.63. The Balaban J connectivity index is 1.19. The van der Waals surface area contributed by atoms with Crippen LogP contribution in [0.15, 0.2) is 85.6 Å². The van der Waals surface area contributed by atoms with Crippen molar-refractivity contribution in [3.63, 3.8) is 0 Å². The summed E-state index contributed by atoms with van der Waals surface area (Å²) < 4.78 is 5.01. The van der Waals surface area contributed by atoms with Crippen LogP contribution in [0, 0.1) is 0 Å². The van der Waals surface area contributed by atoms with E-state index in [1.807, 2.05) is 71.5 Å². The van der Waals surface area contributed by atoms with Gasteiger partial charge in [-0.2, -0.15) is 10.1 Å². The lowest BCUT2D eigenvalue weighted by Crippen LogP contribution is -2.27. The normalized spacial score (nSPS) is 11.2. The summed E-state index contributed by atoms with van der Waals surface area (Å²) in [6.07, 6.45) is 8.73. The first-order valence-corrected chi connectivity index (χ1v) is 11.5. The molecule has 0 aliphatic rings. The van der Waals surface area contributed by atoms with Crippen LogP contribution >= 0.6 is 0 Å². The number of nitrogens with one attached hydrogen (secondary N) is 2. The Bertz CT molecular complexity index is 1730. The summed E-state index contributed by atoms with van der Waals surface area (Å²) in [6.45, 7) is 0.207. The van der Waals surface area contributed by atoms with E-state index < -0.39 is 11.8 Å². The van der Waals surface area contributed by atoms with Gasteiger partial charge >= 0.3 is 0 Å². The number of hydrogen-bond donors (Lipinski definition) is 2. The number of benzene rings is 1. The molecule has 0 radical (unpaired) electrons. The van der Waals surface area contributed by atoms with Crippen LogP contribution in [0.5, 0.6) is 0 Å². The fraction of sp³-hybridized carbons (Fsp3) is 0.0769. The van der Waals surface area contributed by atoms with Gasteiger partial charge in [0.1, 0.15) is 17.2 Å². The van der Waals surface area contributed by atoms with Crippen LogP contribution in [0.1, 0.15) is 26.5 Å². The van der Waals surface area contributed by atoms with E-state index in [4.69, 9.17) is 0 Å². The largest absolute Gasteiger partial charge is 0.346 e. The van der Waals surface area contributed by atoms with Gasteiger partial charge in [0.25, 0.3) is 11.8 Å². The molecular weight excluding hydrogens is 470 g/mol. The highest BCUT2D eigenvalue weighted by Crippen LogP contribution is 2.19. The summed E-state index contributed by atoms with van der Waals surface area (Å²) >= 11 is 0. The second-order valence-corrected chi connectivity index (χ2v) is 8.38. The molecule has 5 heterocycles. The number of fused-ring (bicyclic) bond motifs is 2. The Kier molecular flexibility index (Phi) is 5.41. The van der Waals surface area contributed by atoms with E-state index in [2.05, 4.69) is 30.7 Å². The number of pyridine rings is 1. The van der Waals surface area contributed by atoms with Crippen molar-refractivity contribution >= 4 is 29.1 Å². The number of carbonyl (C=O) groups excluding carboxylic acids is 2. The number of anilines is 1. The second kappa shape index (κ2) is 9.04. The Hall–Kier alpha value is -5.32. The second-order valence-electron chi connectivity index (χ2n) is 8.38. The molecule has 0 aliphatic heterocycles. The highest BCUT2D eigenvalue weighted by molar-refractivity contribution is 6.10. The fourth-order valence-electron chi connectivity index (χ4n) is 4.08. The lowest BCUT2D eigenvalue weighted by atomic mass is 10.2. The molecule has 0 bridgehead atoms. The maximum atomic E-state index is 13.1. The van der Waals surface area contributed by atoms with E-state index in [1.54, 1.807) is 23.7 Å². The lowest BCUT2D eigenvalue weighted by molar-refractivity contribution is 0.0935. The number of aryl methyl sites for hydroxylation is 1. The van der Waals surface area contributed by atoms with Crippen LogP contribution in [0.3, 0.4) is 0 Å². The van der Waals surface area contributed by atoms with E-state index in [0.717, 1.165) is 16.9 Å². The summed E-state index contributed by atoms with van der Waals surface area (Å²) in [6, 6.07) is 17.1. The molecule has 11 nitrogen and oxygen atoms in total. The molecule has 11 heteroatoms. The van der Waals surface area contributed by atoms with Crippen molar-refractivity contribution in [2.45, 2.75) is 6.54 Å². The molecule has 2 N–H and O–H groups in total. The minimum absolute atomic E-state index is 0.113. The summed E-state index contributed by atoms with van der Waals surface area (Å²) in [4.78, 5) is 39.6. The Morgan fingerprint density at radius 2 is 1.70 bits per heavy atom. The van der Waals surface area contributed by atoms with Crippen molar-refractivity contribution in [3.8, 4) is 11.3 Å². The average molecular weight is 492 g/mol. The number of amides is 2. The van der Waals surface area contributed by atoms with Gasteiger partial charge in [-0.15, -0.1) is 0 Å². The van der Waals surface area contributed by atoms with Gasteiger partial charge in [0.2, 0.25) is 5.78 Å². The van der Waals surface area contributed by atoms with Gasteiger partial charge in [0, 0.05) is 37.4 Å². The molecule has 0 unspecified atom stereocenters. The highest BCUT2D eigenvalue weighted by atomic mass is 16.2. The number of aromatic nitrogens is 7. The Morgan fingerprint density at radius 1 is 0.865 bits per heavy atom. The fourth-order valence-corrected chi connectivity index (χ4v) is 4.08. The molecule has 0 aliphatic carbocycles. The van der Waals surface area contributed by atoms with Crippen LogP contribution in [-0.2, 0) is 13.6 Å². The van der Waals surface area contributed by atoms with Gasteiger partial charge in [-0.05, 0) is 18.2 Å². The molecule has 6 rings (SSSR count). The predicted octanol–water partition coefficient (Wildman–Crippen LogP) is 2.96. The smallest absolute Gasteiger partial charge is 0.275 e. The molecule has 0 spiro atoms. The van der Waals surface area contributed by atoms with E-state index >= 15 is 0 Å². The summed E-state index contributed by atoms with van der Waals surface area (Å²) in [5, 5.41) is 9.68. The van der Waals surface area contributed by atoms with E-state index in [9.17, 15) is 9.59 Å². The standard InChI is InChI=1S/C26H21N9O2/c1-33-23(19(14-28-33)24(36)27-13-18-15-34-11-6-5-9-22(34)29-18)25(37)31-21-10-12-35-16-20(30-26(35)32-21)17-7-3-2-4-8-17/h2-12,14-16H,13H2,1H3,(H,27,36)(H,30,31,32,37). The van der Waals surface area contributed by atoms with Gasteiger partial charge in [0.15, 0.2) is 0 Å². The molecule has 182 valence electrons. The summed E-state index contributed by atoms with van der Waals surface area (Å²) in [5.74, 6) is -0.198. The van der Waals surface area contributed by atoms with Crippen molar-refractivity contribution in [1.29, 1.82) is 0 Å². The molecule has 0 atom stereocenters. The molecule has 37 heavy (non-hydrogen) atoms. The third-order valence-corrected chi connectivity index (χ3v) is 5.88. The number of nitrogens with zero attached hydrogens (tertiary/aromatic N) is 7. The molecule has 0 saturated carbocycles. The summed E-state index contributed by atoms with van der Waals surface area (Å²) in [5.41, 5.74) is 3.48. The monoisotopic (exact) mass is 491 g/mol. The third kappa shape index (κ3) is 4.29. The van der Waals surface area contributed by atoms with Crippen LogP contribution in [-0.4, -0.2) is 45.3 Å². The zero-order valence-corrected chi connectivity index (χ0v) is 19.7. The van der Waals surface area contributed by atoms with Crippen LogP contribution in [0.4, 0.5) is 5.82 Å². The van der Waals surface area contributed by atoms with E-state index in [0.29, 0.717) is 17.3 Å². The number of rotatable bonds is 6. The van der Waals surface area contributed by atoms with Crippen molar-refractivity contribution in [2.75, 3.05) is 5.32 Å². The Labute approximate surface area is 210 Å². The van der Waals surface area contributed by atoms with Crippen LogP contribution < -0.4 is 10.6 Å².